The highest BCUT2D eigenvalue weighted by Gasteiger charge is 2.41. The number of aliphatic carboxylic acids is 2. The minimum absolute atomic E-state index is 0.0345. The van der Waals surface area contributed by atoms with Crippen LogP contribution in [0.2, 0.25) is 0 Å². The van der Waals surface area contributed by atoms with Crippen molar-refractivity contribution in [3.05, 3.63) is 0 Å². The van der Waals surface area contributed by atoms with Crippen LogP contribution >= 0.6 is 0 Å². The molecule has 0 saturated heterocycles. The number of carbonyl (C=O) groups is 4. The van der Waals surface area contributed by atoms with E-state index in [0.717, 1.165) is 0 Å². The maximum atomic E-state index is 13.0. The van der Waals surface area contributed by atoms with Gasteiger partial charge in [0.1, 0.15) is 42.9 Å². The van der Waals surface area contributed by atoms with E-state index in [1.54, 1.807) is 42.3 Å². The Bertz CT molecular complexity index is 666. The molecule has 0 radical (unpaired) electrons. The van der Waals surface area contributed by atoms with Crippen molar-refractivity contribution >= 4 is 23.5 Å². The Morgan fingerprint density at radius 3 is 1.47 bits per heavy atom. The zero-order valence-corrected chi connectivity index (χ0v) is 20.4. The van der Waals surface area contributed by atoms with Gasteiger partial charge in [0.2, 0.25) is 0 Å². The van der Waals surface area contributed by atoms with Crippen LogP contribution in [0.4, 0.5) is 0 Å². The monoisotopic (exact) mass is 462 g/mol. The fourth-order valence-electron chi connectivity index (χ4n) is 3.83. The van der Waals surface area contributed by atoms with Gasteiger partial charge in [-0.25, -0.2) is 0 Å². The molecular formula is C22H42N2O8+2. The van der Waals surface area contributed by atoms with Gasteiger partial charge >= 0.3 is 11.9 Å². The highest BCUT2D eigenvalue weighted by Crippen LogP contribution is 2.24. The summed E-state index contributed by atoms with van der Waals surface area (Å²) in [6.45, 7) is 1.92. The molecule has 0 heterocycles. The molecule has 10 heteroatoms. The molecule has 0 aliphatic carbocycles. The number of carbonyl (C=O) groups excluding carboxylic acids is 2. The molecule has 0 aromatic rings. The highest BCUT2D eigenvalue weighted by atomic mass is 16.4. The van der Waals surface area contributed by atoms with Crippen LogP contribution in [-0.2, 0) is 19.2 Å². The van der Waals surface area contributed by atoms with E-state index >= 15 is 0 Å². The summed E-state index contributed by atoms with van der Waals surface area (Å²) >= 11 is 0. The number of hydrogen-bond acceptors (Lipinski definition) is 6. The van der Waals surface area contributed by atoms with Crippen molar-refractivity contribution in [1.29, 1.82) is 0 Å². The minimum Gasteiger partial charge on any atom is -0.481 e. The molecule has 5 unspecified atom stereocenters. The van der Waals surface area contributed by atoms with Crippen molar-refractivity contribution in [2.75, 3.05) is 55.4 Å². The molecule has 0 amide bonds. The number of rotatable bonds is 16. The van der Waals surface area contributed by atoms with Gasteiger partial charge in [-0.05, 0) is 12.8 Å². The predicted octanol–water partition coefficient (Wildman–Crippen LogP) is -0.143. The third-order valence-electron chi connectivity index (χ3n) is 5.20. The summed E-state index contributed by atoms with van der Waals surface area (Å²) < 4.78 is 0.527. The molecule has 0 rings (SSSR count). The second kappa shape index (κ2) is 12.4. The smallest absolute Gasteiger partial charge is 0.316 e. The predicted molar refractivity (Wildman–Crippen MR) is 118 cm³/mol. The van der Waals surface area contributed by atoms with Gasteiger partial charge in [0.25, 0.3) is 0 Å². The molecule has 4 N–H and O–H groups in total. The topological polar surface area (TPSA) is 149 Å². The molecule has 0 aromatic heterocycles. The molecule has 10 nitrogen and oxygen atoms in total. The molecule has 0 aliphatic rings. The van der Waals surface area contributed by atoms with E-state index in [1.165, 1.54) is 0 Å². The van der Waals surface area contributed by atoms with Crippen LogP contribution < -0.4 is 0 Å². The number of aliphatic hydroxyl groups is 2. The highest BCUT2D eigenvalue weighted by molar-refractivity contribution is 6.01. The first-order valence-corrected chi connectivity index (χ1v) is 10.9. The normalized spacial score (nSPS) is 17.2. The van der Waals surface area contributed by atoms with Gasteiger partial charge in [0.15, 0.2) is 5.78 Å². The SMILES string of the molecule is CCCC(CCC(=O)C(C(=O)O)C(O)C[N+](C)(C)C)C(=O)C(C(=O)O)C(O)C[N+](C)(C)C. The quantitative estimate of drug-likeness (QED) is 0.183. The second-order valence-electron chi connectivity index (χ2n) is 10.6. The summed E-state index contributed by atoms with van der Waals surface area (Å²) in [5.74, 6) is -8.28. The van der Waals surface area contributed by atoms with Crippen LogP contribution in [-0.4, -0.2) is 120 Å². The van der Waals surface area contributed by atoms with E-state index < -0.39 is 53.5 Å². The lowest BCUT2D eigenvalue weighted by atomic mass is 9.82. The van der Waals surface area contributed by atoms with E-state index in [0.29, 0.717) is 12.8 Å². The van der Waals surface area contributed by atoms with E-state index in [1.807, 2.05) is 6.92 Å². The van der Waals surface area contributed by atoms with Crippen LogP contribution in [0.15, 0.2) is 0 Å². The van der Waals surface area contributed by atoms with Crippen molar-refractivity contribution in [1.82, 2.24) is 0 Å². The molecule has 0 fully saturated rings. The van der Waals surface area contributed by atoms with Crippen molar-refractivity contribution < 1.29 is 48.6 Å². The van der Waals surface area contributed by atoms with Gasteiger partial charge in [0, 0.05) is 12.3 Å². The largest absolute Gasteiger partial charge is 0.481 e. The fourth-order valence-corrected chi connectivity index (χ4v) is 3.83. The molecule has 0 bridgehead atoms. The number of carboxylic acids is 2. The van der Waals surface area contributed by atoms with Crippen molar-refractivity contribution in [2.24, 2.45) is 17.8 Å². The zero-order valence-electron chi connectivity index (χ0n) is 20.4. The first-order valence-electron chi connectivity index (χ1n) is 10.9. The molecule has 5 atom stereocenters. The van der Waals surface area contributed by atoms with Gasteiger partial charge in [-0.15, -0.1) is 0 Å². The second-order valence-corrected chi connectivity index (χ2v) is 10.6. The Morgan fingerprint density at radius 1 is 0.719 bits per heavy atom. The third kappa shape index (κ3) is 10.6. The van der Waals surface area contributed by atoms with Crippen LogP contribution in [0.1, 0.15) is 32.6 Å². The lowest BCUT2D eigenvalue weighted by molar-refractivity contribution is -0.873. The van der Waals surface area contributed by atoms with E-state index in [9.17, 15) is 39.6 Å². The molecule has 0 spiro atoms. The van der Waals surface area contributed by atoms with Gasteiger partial charge in [0.05, 0.1) is 42.3 Å². The maximum Gasteiger partial charge on any atom is 0.316 e. The third-order valence-corrected chi connectivity index (χ3v) is 5.20. The first kappa shape index (κ1) is 30.1. The number of nitrogens with zero attached hydrogens (tertiary/aromatic N) is 2. The minimum atomic E-state index is -1.63. The fraction of sp³-hybridized carbons (Fsp3) is 0.818. The Morgan fingerprint density at radius 2 is 1.12 bits per heavy atom. The number of quaternary nitrogens is 2. The van der Waals surface area contributed by atoms with Gasteiger partial charge < -0.3 is 29.4 Å². The molecule has 0 saturated carbocycles. The van der Waals surface area contributed by atoms with Crippen LogP contribution in [0.5, 0.6) is 0 Å². The molecular weight excluding hydrogens is 420 g/mol. The Kier molecular flexibility index (Phi) is 11.7. The molecule has 0 aliphatic heterocycles. The van der Waals surface area contributed by atoms with Gasteiger partial charge in [-0.3, -0.25) is 19.2 Å². The average Bonchev–Trinajstić information content (AvgIpc) is 2.54. The summed E-state index contributed by atoms with van der Waals surface area (Å²) in [7, 11) is 10.6. The van der Waals surface area contributed by atoms with Crippen molar-refractivity contribution in [3.8, 4) is 0 Å². The number of carboxylic acid groups (broad SMARTS) is 2. The van der Waals surface area contributed by atoms with Crippen molar-refractivity contribution in [2.45, 2.75) is 44.8 Å². The van der Waals surface area contributed by atoms with Crippen LogP contribution in [0.3, 0.4) is 0 Å². The number of ketones is 2. The number of likely N-dealkylation sites (N-methyl/N-ethyl adjacent to an activating group) is 2. The first-order chi connectivity index (χ1) is 14.4. The van der Waals surface area contributed by atoms with Crippen LogP contribution in [0.25, 0.3) is 0 Å². The number of hydrogen-bond donors (Lipinski definition) is 4. The van der Waals surface area contributed by atoms with E-state index in [4.69, 9.17) is 0 Å². The summed E-state index contributed by atoms with van der Waals surface area (Å²) in [6.07, 6.45) is -2.24. The average molecular weight is 463 g/mol. The Hall–Kier alpha value is -1.88. The van der Waals surface area contributed by atoms with E-state index in [-0.39, 0.29) is 34.9 Å². The summed E-state index contributed by atoms with van der Waals surface area (Å²) in [5.41, 5.74) is 0. The van der Waals surface area contributed by atoms with Gasteiger partial charge in [-0.1, -0.05) is 13.3 Å². The Labute approximate surface area is 190 Å². The number of Topliss-reactive ketones (excluding diaryl/α,β-unsaturated/α-hetero) is 2. The Balaban J connectivity index is 5.50. The maximum absolute atomic E-state index is 13.0. The summed E-state index contributed by atoms with van der Waals surface area (Å²) in [6, 6.07) is 0. The van der Waals surface area contributed by atoms with Gasteiger partial charge in [-0.2, -0.15) is 0 Å². The lowest BCUT2D eigenvalue weighted by Gasteiger charge is -2.30. The molecule has 0 aromatic carbocycles. The van der Waals surface area contributed by atoms with Crippen molar-refractivity contribution in [3.63, 3.8) is 0 Å². The van der Waals surface area contributed by atoms with Crippen LogP contribution in [0, 0.1) is 17.8 Å². The molecule has 186 valence electrons. The molecule has 32 heavy (non-hydrogen) atoms. The zero-order chi connectivity index (χ0) is 25.4. The summed E-state index contributed by atoms with van der Waals surface area (Å²) in [5, 5.41) is 39.8. The standard InChI is InChI=1S/C22H40N2O8/c1-8-9-14(20(28)19(22(31)32)17(27)13-24(5,6)7)10-11-15(25)18(21(29)30)16(26)12-23(2,3)4/h14,16-19,26-27H,8-13H2,1-7H3/p+2. The van der Waals surface area contributed by atoms with E-state index in [2.05, 4.69) is 0 Å². The summed E-state index contributed by atoms with van der Waals surface area (Å²) in [4.78, 5) is 49.0. The lowest BCUT2D eigenvalue weighted by Crippen LogP contribution is -2.49. The number of aliphatic hydroxyl groups excluding tert-OH is 2.